The maximum atomic E-state index is 14.8. The van der Waals surface area contributed by atoms with Gasteiger partial charge in [-0.3, -0.25) is 9.79 Å². The zero-order chi connectivity index (χ0) is 34.7. The summed E-state index contributed by atoms with van der Waals surface area (Å²) in [5.41, 5.74) is 6.33. The van der Waals surface area contributed by atoms with Crippen LogP contribution >= 0.6 is 0 Å². The molecule has 1 amide bonds. The smallest absolute Gasteiger partial charge is 0.270 e. The van der Waals surface area contributed by atoms with E-state index in [1.54, 1.807) is 55.2 Å². The predicted octanol–water partition coefficient (Wildman–Crippen LogP) is 6.49. The molecule has 1 atom stereocenters. The Morgan fingerprint density at radius 2 is 1.84 bits per heavy atom. The van der Waals surface area contributed by atoms with Crippen LogP contribution in [0.15, 0.2) is 65.9 Å². The molecule has 8 rings (SSSR count). The van der Waals surface area contributed by atoms with E-state index in [2.05, 4.69) is 52.7 Å². The number of benzene rings is 3. The second-order valence-corrected chi connectivity index (χ2v) is 14.1. The first-order chi connectivity index (χ1) is 24.0. The Balaban J connectivity index is 1.07. The number of ether oxygens (including phenoxy) is 1. The minimum absolute atomic E-state index is 0.0929. The maximum absolute atomic E-state index is 14.8. The highest BCUT2D eigenvalue weighted by molar-refractivity contribution is 5.98. The molecule has 0 bridgehead atoms. The number of carbonyl (C=O) groups excluding carboxylic acids is 1. The Morgan fingerprint density at radius 3 is 2.60 bits per heavy atom. The number of aromatic nitrogens is 3. The minimum Gasteiger partial charge on any atom is -0.376 e. The van der Waals surface area contributed by atoms with Gasteiger partial charge in [-0.1, -0.05) is 6.07 Å². The van der Waals surface area contributed by atoms with Crippen molar-refractivity contribution in [2.75, 3.05) is 23.8 Å². The fourth-order valence-electron chi connectivity index (χ4n) is 7.38. The second kappa shape index (κ2) is 12.2. The third kappa shape index (κ3) is 5.75. The molecule has 9 nitrogen and oxygen atoms in total. The Bertz CT molecular complexity index is 2320. The number of carbonyl (C=O) groups is 1. The van der Waals surface area contributed by atoms with Crippen molar-refractivity contribution in [1.82, 2.24) is 19.7 Å². The molecule has 5 aromatic rings. The maximum Gasteiger partial charge on any atom is 0.270 e. The van der Waals surface area contributed by atoms with Crippen LogP contribution in [-0.4, -0.2) is 44.3 Å². The third-order valence-electron chi connectivity index (χ3n) is 10.1. The normalized spacial score (nSPS) is 17.9. The molecule has 256 valence electrons. The van der Waals surface area contributed by atoms with Gasteiger partial charge < -0.3 is 25.3 Å². The summed E-state index contributed by atoms with van der Waals surface area (Å²) in [5.74, 6) is 0.344. The van der Waals surface area contributed by atoms with Gasteiger partial charge in [-0.15, -0.1) is 0 Å². The van der Waals surface area contributed by atoms with Gasteiger partial charge >= 0.3 is 0 Å². The summed E-state index contributed by atoms with van der Waals surface area (Å²) >= 11 is 0. The van der Waals surface area contributed by atoms with Crippen molar-refractivity contribution in [2.45, 2.75) is 65.0 Å². The van der Waals surface area contributed by atoms with Gasteiger partial charge in [0.25, 0.3) is 5.91 Å². The van der Waals surface area contributed by atoms with Crippen molar-refractivity contribution < 1.29 is 18.3 Å². The molecule has 2 aromatic heterocycles. The highest BCUT2D eigenvalue weighted by Crippen LogP contribution is 2.37. The summed E-state index contributed by atoms with van der Waals surface area (Å²) in [7, 11) is 0. The minimum atomic E-state index is -0.364. The van der Waals surface area contributed by atoms with Crippen LogP contribution in [0.2, 0.25) is 0 Å². The summed E-state index contributed by atoms with van der Waals surface area (Å²) < 4.78 is 37.1. The van der Waals surface area contributed by atoms with E-state index in [-0.39, 0.29) is 23.1 Å². The number of nitrogens with zero attached hydrogens (tertiary/aromatic N) is 4. The van der Waals surface area contributed by atoms with Crippen molar-refractivity contribution in [3.05, 3.63) is 117 Å². The topological polar surface area (TPSA) is 99.6 Å². The monoisotopic (exact) mass is 675 g/mol. The van der Waals surface area contributed by atoms with Gasteiger partial charge in [-0.2, -0.15) is 5.10 Å². The first kappa shape index (κ1) is 31.9. The number of rotatable bonds is 7. The van der Waals surface area contributed by atoms with E-state index in [1.165, 1.54) is 11.8 Å². The van der Waals surface area contributed by atoms with E-state index in [0.29, 0.717) is 70.0 Å². The average Bonchev–Trinajstić information content (AvgIpc) is 3.67. The highest BCUT2D eigenvalue weighted by Gasteiger charge is 2.31. The molecule has 3 aromatic carbocycles. The van der Waals surface area contributed by atoms with E-state index in [1.807, 2.05) is 11.0 Å². The molecule has 5 heterocycles. The molecule has 0 unspecified atom stereocenters. The number of fused-ring (bicyclic) bond motifs is 3. The lowest BCUT2D eigenvalue weighted by atomic mass is 9.83. The van der Waals surface area contributed by atoms with Crippen molar-refractivity contribution >= 4 is 34.5 Å². The number of aromatic amines is 1. The van der Waals surface area contributed by atoms with Gasteiger partial charge in [0.2, 0.25) is 0 Å². The molecule has 11 heteroatoms. The highest BCUT2D eigenvalue weighted by atomic mass is 19.1. The summed E-state index contributed by atoms with van der Waals surface area (Å²) in [5, 5.41) is 13.4. The van der Waals surface area contributed by atoms with Crippen LogP contribution in [0.5, 0.6) is 0 Å². The van der Waals surface area contributed by atoms with Gasteiger partial charge in [0.05, 0.1) is 39.8 Å². The van der Waals surface area contributed by atoms with Crippen LogP contribution in [0.4, 0.5) is 20.3 Å². The largest absolute Gasteiger partial charge is 0.376 e. The molecule has 0 aliphatic carbocycles. The molecule has 3 aliphatic heterocycles. The van der Waals surface area contributed by atoms with Crippen LogP contribution in [-0.2, 0) is 17.7 Å². The average molecular weight is 676 g/mol. The summed E-state index contributed by atoms with van der Waals surface area (Å²) in [6.45, 7) is 9.31. The van der Waals surface area contributed by atoms with Gasteiger partial charge in [0.15, 0.2) is 5.82 Å². The first-order valence-corrected chi connectivity index (χ1v) is 17.0. The van der Waals surface area contributed by atoms with E-state index in [0.717, 1.165) is 41.6 Å². The van der Waals surface area contributed by atoms with E-state index in [4.69, 9.17) is 9.84 Å². The molecule has 50 heavy (non-hydrogen) atoms. The van der Waals surface area contributed by atoms with Gasteiger partial charge in [0, 0.05) is 54.6 Å². The number of halogens is 2. The molecule has 3 N–H and O–H groups in total. The Labute approximate surface area is 288 Å². The number of hydrogen-bond acceptors (Lipinski definition) is 6. The SMILES string of the molecule is Cc1cc(-n2nc3c(c2N/C=C\Nc2ccc4c(c2F)=CN=4)CN(C(=O)c2cc4cc([C@H]5CCOC(C)(C)C5)ccc4[nH]2)CC3)cc(C)c1F. The quantitative estimate of drug-likeness (QED) is 0.183. The summed E-state index contributed by atoms with van der Waals surface area (Å²) in [6, 6.07) is 15.3. The molecule has 3 aliphatic rings. The Morgan fingerprint density at radius 1 is 1.04 bits per heavy atom. The fraction of sp³-hybridized carbons (Fsp3) is 0.308. The molecule has 0 saturated carbocycles. The van der Waals surface area contributed by atoms with E-state index >= 15 is 0 Å². The lowest BCUT2D eigenvalue weighted by molar-refractivity contribution is -0.0592. The number of anilines is 2. The van der Waals surface area contributed by atoms with E-state index < -0.39 is 0 Å². The van der Waals surface area contributed by atoms with Crippen LogP contribution in [0.3, 0.4) is 0 Å². The van der Waals surface area contributed by atoms with Crippen LogP contribution in [0.25, 0.3) is 22.8 Å². The third-order valence-corrected chi connectivity index (χ3v) is 10.1. The number of H-pyrrole nitrogens is 1. The van der Waals surface area contributed by atoms with Crippen molar-refractivity contribution in [3.63, 3.8) is 0 Å². The van der Waals surface area contributed by atoms with Crippen LogP contribution in [0.1, 0.15) is 71.0 Å². The standard InChI is InChI=1S/C39H39F2N7O2/c1-22-15-27(16-23(2)35(22)40)48-37(43-12-11-42-33-8-7-31-28(20-44-31)36(33)41)29-21-47(13-9-32(29)46-48)38(49)34-18-26-17-24(5-6-30(26)45-34)25-10-14-50-39(3,4)19-25/h5-8,11-12,15-18,20,25,42-43,45H,9-10,13-14,19,21H2,1-4H3/b12-11-/t25-/m0/s1. The van der Waals surface area contributed by atoms with E-state index in [9.17, 15) is 13.6 Å². The van der Waals surface area contributed by atoms with Crippen molar-refractivity contribution in [1.29, 1.82) is 0 Å². The van der Waals surface area contributed by atoms with Crippen LogP contribution < -0.4 is 21.2 Å². The number of aryl methyl sites for hydroxylation is 2. The Kier molecular flexibility index (Phi) is 7.82. The van der Waals surface area contributed by atoms with Gasteiger partial charge in [0.1, 0.15) is 17.3 Å². The summed E-state index contributed by atoms with van der Waals surface area (Å²) in [4.78, 5) is 23.2. The number of nitrogens with one attached hydrogen (secondary N) is 3. The number of hydrogen-bond donors (Lipinski definition) is 3. The molecule has 0 radical (unpaired) electrons. The van der Waals surface area contributed by atoms with Gasteiger partial charge in [-0.05, 0) is 106 Å². The van der Waals surface area contributed by atoms with Gasteiger partial charge in [-0.25, -0.2) is 13.5 Å². The Hall–Kier alpha value is -5.29. The molecule has 1 fully saturated rings. The first-order valence-electron chi connectivity index (χ1n) is 17.0. The molecular weight excluding hydrogens is 636 g/mol. The lowest BCUT2D eigenvalue weighted by Crippen LogP contribution is -2.36. The molecular formula is C39H39F2N7O2. The lowest BCUT2D eigenvalue weighted by Gasteiger charge is -2.35. The zero-order valence-corrected chi connectivity index (χ0v) is 28.5. The predicted molar refractivity (Wildman–Crippen MR) is 190 cm³/mol. The molecule has 0 spiro atoms. The summed E-state index contributed by atoms with van der Waals surface area (Å²) in [6.07, 6.45) is 7.27. The van der Waals surface area contributed by atoms with Crippen molar-refractivity contribution in [2.24, 2.45) is 4.99 Å². The van der Waals surface area contributed by atoms with Crippen molar-refractivity contribution in [3.8, 4) is 5.69 Å². The second-order valence-electron chi connectivity index (χ2n) is 14.1. The molecule has 1 saturated heterocycles. The zero-order valence-electron chi connectivity index (χ0n) is 28.5. The number of amides is 1. The fourth-order valence-corrected chi connectivity index (χ4v) is 7.38. The van der Waals surface area contributed by atoms with Crippen LogP contribution in [0, 0.1) is 25.5 Å².